The minimum Gasteiger partial charge on any atom is -0.389 e. The number of amides is 1. The second-order valence-corrected chi connectivity index (χ2v) is 6.73. The van der Waals surface area contributed by atoms with Crippen molar-refractivity contribution < 1.29 is 14.6 Å². The summed E-state index contributed by atoms with van der Waals surface area (Å²) in [5, 5.41) is 9.81. The topological polar surface area (TPSA) is 53.0 Å². The molecule has 0 aliphatic carbocycles. The summed E-state index contributed by atoms with van der Waals surface area (Å²) in [5.74, 6) is 0.243. The highest BCUT2D eigenvalue weighted by Crippen LogP contribution is 2.20. The maximum absolute atomic E-state index is 12.1. The van der Waals surface area contributed by atoms with E-state index in [2.05, 4.69) is 25.7 Å². The van der Waals surface area contributed by atoms with Gasteiger partial charge in [-0.1, -0.05) is 20.8 Å². The lowest BCUT2D eigenvalue weighted by atomic mass is 9.91. The molecule has 5 nitrogen and oxygen atoms in total. The molecule has 0 radical (unpaired) electrons. The van der Waals surface area contributed by atoms with Crippen molar-refractivity contribution in [1.29, 1.82) is 0 Å². The van der Waals surface area contributed by atoms with Gasteiger partial charge in [0.25, 0.3) is 0 Å². The third kappa shape index (κ3) is 6.68. The van der Waals surface area contributed by atoms with Gasteiger partial charge in [0.15, 0.2) is 0 Å². The van der Waals surface area contributed by atoms with Gasteiger partial charge in [-0.3, -0.25) is 9.69 Å². The lowest BCUT2D eigenvalue weighted by Crippen LogP contribution is -2.51. The number of piperazine rings is 1. The summed E-state index contributed by atoms with van der Waals surface area (Å²) in [6.07, 6.45) is 0.159. The maximum Gasteiger partial charge on any atom is 0.223 e. The largest absolute Gasteiger partial charge is 0.389 e. The van der Waals surface area contributed by atoms with Crippen molar-refractivity contribution in [2.45, 2.75) is 40.2 Å². The Morgan fingerprint density at radius 3 is 2.35 bits per heavy atom. The molecule has 118 valence electrons. The van der Waals surface area contributed by atoms with Crippen molar-refractivity contribution in [2.24, 2.45) is 5.41 Å². The fraction of sp³-hybridized carbons (Fsp3) is 0.933. The van der Waals surface area contributed by atoms with Crippen LogP contribution in [0.25, 0.3) is 0 Å². The van der Waals surface area contributed by atoms with Gasteiger partial charge in [-0.15, -0.1) is 0 Å². The van der Waals surface area contributed by atoms with Gasteiger partial charge in [-0.25, -0.2) is 0 Å². The highest BCUT2D eigenvalue weighted by atomic mass is 16.5. The van der Waals surface area contributed by atoms with Crippen LogP contribution < -0.4 is 0 Å². The van der Waals surface area contributed by atoms with Crippen LogP contribution >= 0.6 is 0 Å². The Labute approximate surface area is 122 Å². The minimum absolute atomic E-state index is 0.0436. The standard InChI is InChI=1S/C15H30N2O3/c1-5-20-12-13(18)11-16-6-8-17(9-7-16)14(19)10-15(2,3)4/h13,18H,5-12H2,1-4H3/t13-/m0/s1. The van der Waals surface area contributed by atoms with Crippen molar-refractivity contribution in [2.75, 3.05) is 45.9 Å². The number of aliphatic hydroxyl groups is 1. The van der Waals surface area contributed by atoms with E-state index < -0.39 is 6.10 Å². The molecule has 5 heteroatoms. The number of nitrogens with zero attached hydrogens (tertiary/aromatic N) is 2. The second-order valence-electron chi connectivity index (χ2n) is 6.73. The normalized spacial score (nSPS) is 19.1. The van der Waals surface area contributed by atoms with Gasteiger partial charge in [-0.05, 0) is 12.3 Å². The predicted octanol–water partition coefficient (Wildman–Crippen LogP) is 0.964. The van der Waals surface area contributed by atoms with Crippen molar-refractivity contribution >= 4 is 5.91 Å². The molecule has 1 aliphatic heterocycles. The fourth-order valence-corrected chi connectivity index (χ4v) is 2.35. The van der Waals surface area contributed by atoms with Crippen molar-refractivity contribution in [3.8, 4) is 0 Å². The first kappa shape index (κ1) is 17.4. The Bertz CT molecular complexity index is 294. The van der Waals surface area contributed by atoms with Crippen LogP contribution in [-0.2, 0) is 9.53 Å². The van der Waals surface area contributed by atoms with E-state index in [9.17, 15) is 9.90 Å². The Kier molecular flexibility index (Phi) is 6.92. The molecule has 1 heterocycles. The summed E-state index contributed by atoms with van der Waals surface area (Å²) in [5.41, 5.74) is 0.0436. The summed E-state index contributed by atoms with van der Waals surface area (Å²) >= 11 is 0. The molecule has 20 heavy (non-hydrogen) atoms. The van der Waals surface area contributed by atoms with Gasteiger partial charge in [0.2, 0.25) is 5.91 Å². The molecule has 1 saturated heterocycles. The maximum atomic E-state index is 12.1. The average Bonchev–Trinajstić information content (AvgIpc) is 2.35. The second kappa shape index (κ2) is 7.96. The molecule has 1 atom stereocenters. The van der Waals surface area contributed by atoms with Crippen LogP contribution in [0, 0.1) is 5.41 Å². The summed E-state index contributed by atoms with van der Waals surface area (Å²) < 4.78 is 5.21. The van der Waals surface area contributed by atoms with E-state index in [0.29, 0.717) is 26.2 Å². The van der Waals surface area contributed by atoms with Gasteiger partial charge in [0.05, 0.1) is 12.7 Å². The third-order valence-corrected chi connectivity index (χ3v) is 3.39. The van der Waals surface area contributed by atoms with E-state index >= 15 is 0 Å². The Morgan fingerprint density at radius 2 is 1.85 bits per heavy atom. The molecule has 0 bridgehead atoms. The summed E-state index contributed by atoms with van der Waals surface area (Å²) in [4.78, 5) is 16.3. The van der Waals surface area contributed by atoms with E-state index in [-0.39, 0.29) is 11.3 Å². The summed E-state index contributed by atoms with van der Waals surface area (Å²) in [6.45, 7) is 13.0. The Hall–Kier alpha value is -0.650. The number of aliphatic hydroxyl groups excluding tert-OH is 1. The Morgan fingerprint density at radius 1 is 1.25 bits per heavy atom. The van der Waals surface area contributed by atoms with Gasteiger partial charge in [-0.2, -0.15) is 0 Å². The smallest absolute Gasteiger partial charge is 0.223 e. The van der Waals surface area contributed by atoms with Crippen LogP contribution in [0.1, 0.15) is 34.1 Å². The number of carbonyl (C=O) groups excluding carboxylic acids is 1. The molecule has 0 spiro atoms. The monoisotopic (exact) mass is 286 g/mol. The molecular formula is C15H30N2O3. The molecule has 1 fully saturated rings. The number of hydrogen-bond acceptors (Lipinski definition) is 4. The van der Waals surface area contributed by atoms with Crippen LogP contribution in [0.2, 0.25) is 0 Å². The van der Waals surface area contributed by atoms with Crippen LogP contribution in [0.3, 0.4) is 0 Å². The van der Waals surface area contributed by atoms with Crippen molar-refractivity contribution in [3.05, 3.63) is 0 Å². The van der Waals surface area contributed by atoms with Gasteiger partial charge in [0.1, 0.15) is 0 Å². The number of ether oxygens (including phenoxy) is 1. The molecule has 0 aromatic rings. The molecular weight excluding hydrogens is 256 g/mol. The SMILES string of the molecule is CCOC[C@@H](O)CN1CCN(C(=O)CC(C)(C)C)CC1. The fourth-order valence-electron chi connectivity index (χ4n) is 2.35. The third-order valence-electron chi connectivity index (χ3n) is 3.39. The zero-order chi connectivity index (χ0) is 15.2. The van der Waals surface area contributed by atoms with Crippen LogP contribution in [0.15, 0.2) is 0 Å². The van der Waals surface area contributed by atoms with E-state index in [0.717, 1.165) is 26.2 Å². The van der Waals surface area contributed by atoms with Gasteiger partial charge in [0, 0.05) is 45.8 Å². The van der Waals surface area contributed by atoms with E-state index in [1.54, 1.807) is 0 Å². The lowest BCUT2D eigenvalue weighted by Gasteiger charge is -2.36. The average molecular weight is 286 g/mol. The molecule has 1 aliphatic rings. The quantitative estimate of drug-likeness (QED) is 0.790. The van der Waals surface area contributed by atoms with E-state index in [1.165, 1.54) is 0 Å². The predicted molar refractivity (Wildman–Crippen MR) is 79.6 cm³/mol. The van der Waals surface area contributed by atoms with Crippen LogP contribution in [0.5, 0.6) is 0 Å². The molecule has 1 amide bonds. The zero-order valence-electron chi connectivity index (χ0n) is 13.4. The number of β-amino-alcohol motifs (C(OH)–C–C–N with tert-alkyl or cyclic N) is 1. The molecule has 0 aromatic heterocycles. The zero-order valence-corrected chi connectivity index (χ0v) is 13.4. The minimum atomic E-state index is -0.438. The lowest BCUT2D eigenvalue weighted by molar-refractivity contribution is -0.135. The first-order valence-corrected chi connectivity index (χ1v) is 7.58. The first-order chi connectivity index (χ1) is 9.31. The van der Waals surface area contributed by atoms with Crippen molar-refractivity contribution in [1.82, 2.24) is 9.80 Å². The van der Waals surface area contributed by atoms with Crippen molar-refractivity contribution in [3.63, 3.8) is 0 Å². The highest BCUT2D eigenvalue weighted by molar-refractivity contribution is 5.76. The van der Waals surface area contributed by atoms with Crippen LogP contribution in [-0.4, -0.2) is 72.9 Å². The molecule has 1 rings (SSSR count). The Balaban J connectivity index is 2.27. The molecule has 0 unspecified atom stereocenters. The summed E-state index contributed by atoms with van der Waals surface area (Å²) in [7, 11) is 0. The highest BCUT2D eigenvalue weighted by Gasteiger charge is 2.25. The van der Waals surface area contributed by atoms with E-state index in [1.807, 2.05) is 11.8 Å². The number of rotatable bonds is 6. The van der Waals surface area contributed by atoms with Gasteiger partial charge >= 0.3 is 0 Å². The van der Waals surface area contributed by atoms with E-state index in [4.69, 9.17) is 4.74 Å². The van der Waals surface area contributed by atoms with Gasteiger partial charge < -0.3 is 14.7 Å². The molecule has 0 saturated carbocycles. The molecule has 1 N–H and O–H groups in total. The first-order valence-electron chi connectivity index (χ1n) is 7.58. The molecule has 0 aromatic carbocycles. The summed E-state index contributed by atoms with van der Waals surface area (Å²) in [6, 6.07) is 0. The van der Waals surface area contributed by atoms with Crippen LogP contribution in [0.4, 0.5) is 0 Å². The number of carbonyl (C=O) groups is 1. The number of hydrogen-bond donors (Lipinski definition) is 1.